The SMILES string of the molecule is CCc1ccc([C@H]2CCOC2)c(CN(C)C2CC2)n1. The van der Waals surface area contributed by atoms with Crippen molar-refractivity contribution in [1.29, 1.82) is 0 Å². The molecule has 1 saturated carbocycles. The summed E-state index contributed by atoms with van der Waals surface area (Å²) in [7, 11) is 2.23. The Morgan fingerprint density at radius 3 is 2.79 bits per heavy atom. The van der Waals surface area contributed by atoms with E-state index >= 15 is 0 Å². The molecule has 1 aromatic heterocycles. The van der Waals surface area contributed by atoms with Gasteiger partial charge < -0.3 is 4.74 Å². The molecule has 1 aromatic rings. The van der Waals surface area contributed by atoms with Gasteiger partial charge in [0.05, 0.1) is 12.3 Å². The van der Waals surface area contributed by atoms with Crippen LogP contribution >= 0.6 is 0 Å². The smallest absolute Gasteiger partial charge is 0.0582 e. The highest BCUT2D eigenvalue weighted by molar-refractivity contribution is 5.28. The topological polar surface area (TPSA) is 25.4 Å². The maximum atomic E-state index is 5.55. The van der Waals surface area contributed by atoms with Gasteiger partial charge in [-0.25, -0.2) is 0 Å². The molecule has 1 atom stereocenters. The number of nitrogens with zero attached hydrogens (tertiary/aromatic N) is 2. The van der Waals surface area contributed by atoms with Crippen LogP contribution in [0.3, 0.4) is 0 Å². The van der Waals surface area contributed by atoms with Gasteiger partial charge in [-0.15, -0.1) is 0 Å². The maximum absolute atomic E-state index is 5.55. The lowest BCUT2D eigenvalue weighted by molar-refractivity contribution is 0.193. The first-order valence-corrected chi connectivity index (χ1v) is 7.54. The van der Waals surface area contributed by atoms with E-state index in [1.165, 1.54) is 29.8 Å². The first-order valence-electron chi connectivity index (χ1n) is 7.54. The molecule has 104 valence electrons. The van der Waals surface area contributed by atoms with E-state index in [-0.39, 0.29) is 0 Å². The molecule has 0 unspecified atom stereocenters. The highest BCUT2D eigenvalue weighted by atomic mass is 16.5. The monoisotopic (exact) mass is 260 g/mol. The molecule has 2 fully saturated rings. The lowest BCUT2D eigenvalue weighted by Gasteiger charge is -2.20. The molecule has 0 aromatic carbocycles. The van der Waals surface area contributed by atoms with Crippen LogP contribution in [0.4, 0.5) is 0 Å². The minimum atomic E-state index is 0.556. The zero-order valence-electron chi connectivity index (χ0n) is 12.1. The fourth-order valence-corrected chi connectivity index (χ4v) is 2.91. The van der Waals surface area contributed by atoms with Crippen molar-refractivity contribution < 1.29 is 4.74 Å². The lowest BCUT2D eigenvalue weighted by Crippen LogP contribution is -2.22. The van der Waals surface area contributed by atoms with E-state index in [0.29, 0.717) is 5.92 Å². The number of rotatable bonds is 5. The van der Waals surface area contributed by atoms with Gasteiger partial charge in [0.1, 0.15) is 0 Å². The Morgan fingerprint density at radius 2 is 2.16 bits per heavy atom. The summed E-state index contributed by atoms with van der Waals surface area (Å²) < 4.78 is 5.55. The average Bonchev–Trinajstić information content (AvgIpc) is 3.15. The van der Waals surface area contributed by atoms with Gasteiger partial charge in [-0.2, -0.15) is 0 Å². The quantitative estimate of drug-likeness (QED) is 0.814. The van der Waals surface area contributed by atoms with E-state index in [2.05, 4.69) is 31.0 Å². The summed E-state index contributed by atoms with van der Waals surface area (Å²) in [6, 6.07) is 5.27. The Hall–Kier alpha value is -0.930. The third kappa shape index (κ3) is 2.98. The minimum Gasteiger partial charge on any atom is -0.381 e. The Labute approximate surface area is 116 Å². The van der Waals surface area contributed by atoms with E-state index in [4.69, 9.17) is 9.72 Å². The fourth-order valence-electron chi connectivity index (χ4n) is 2.91. The standard InChI is InChI=1S/C16H24N2O/c1-3-13-4-7-15(12-8-9-19-11-12)16(17-13)10-18(2)14-5-6-14/h4,7,12,14H,3,5-6,8-11H2,1-2H3/t12-/m0/s1. The van der Waals surface area contributed by atoms with E-state index < -0.39 is 0 Å². The molecule has 2 aliphatic rings. The average molecular weight is 260 g/mol. The van der Waals surface area contributed by atoms with Crippen molar-refractivity contribution >= 4 is 0 Å². The molecule has 19 heavy (non-hydrogen) atoms. The first kappa shape index (κ1) is 13.1. The van der Waals surface area contributed by atoms with Crippen LogP contribution in [0.1, 0.15) is 49.1 Å². The van der Waals surface area contributed by atoms with Crippen molar-refractivity contribution in [3.05, 3.63) is 29.1 Å². The molecule has 1 saturated heterocycles. The van der Waals surface area contributed by atoms with Crippen LogP contribution in [0, 0.1) is 0 Å². The summed E-state index contributed by atoms with van der Waals surface area (Å²) in [5.74, 6) is 0.556. The molecule has 2 heterocycles. The largest absolute Gasteiger partial charge is 0.381 e. The normalized spacial score (nSPS) is 23.2. The predicted molar refractivity (Wildman–Crippen MR) is 76.3 cm³/mol. The second kappa shape index (κ2) is 5.59. The van der Waals surface area contributed by atoms with Crippen LogP contribution in [0.15, 0.2) is 12.1 Å². The number of hydrogen-bond acceptors (Lipinski definition) is 3. The Morgan fingerprint density at radius 1 is 1.32 bits per heavy atom. The van der Waals surface area contributed by atoms with Crippen LogP contribution in [0.5, 0.6) is 0 Å². The minimum absolute atomic E-state index is 0.556. The zero-order chi connectivity index (χ0) is 13.2. The van der Waals surface area contributed by atoms with Crippen LogP contribution in [-0.4, -0.2) is 36.2 Å². The lowest BCUT2D eigenvalue weighted by atomic mass is 9.96. The number of pyridine rings is 1. The number of hydrogen-bond donors (Lipinski definition) is 0. The predicted octanol–water partition coefficient (Wildman–Crippen LogP) is 2.74. The third-order valence-electron chi connectivity index (χ3n) is 4.37. The summed E-state index contributed by atoms with van der Waals surface area (Å²) in [6.45, 7) is 4.94. The molecule has 0 radical (unpaired) electrons. The summed E-state index contributed by atoms with van der Waals surface area (Å²) in [5.41, 5.74) is 3.91. The molecule has 3 heteroatoms. The van der Waals surface area contributed by atoms with Gasteiger partial charge in [0.2, 0.25) is 0 Å². The van der Waals surface area contributed by atoms with Crippen molar-refractivity contribution in [2.24, 2.45) is 0 Å². The van der Waals surface area contributed by atoms with Crippen molar-refractivity contribution in [3.63, 3.8) is 0 Å². The van der Waals surface area contributed by atoms with Crippen molar-refractivity contribution in [2.45, 2.75) is 51.1 Å². The molecule has 3 nitrogen and oxygen atoms in total. The summed E-state index contributed by atoms with van der Waals surface area (Å²) in [4.78, 5) is 7.35. The summed E-state index contributed by atoms with van der Waals surface area (Å²) in [5, 5.41) is 0. The maximum Gasteiger partial charge on any atom is 0.0582 e. The van der Waals surface area contributed by atoms with Crippen LogP contribution in [-0.2, 0) is 17.7 Å². The molecule has 0 N–H and O–H groups in total. The van der Waals surface area contributed by atoms with Gasteiger partial charge >= 0.3 is 0 Å². The zero-order valence-corrected chi connectivity index (χ0v) is 12.1. The third-order valence-corrected chi connectivity index (χ3v) is 4.37. The molecule has 0 amide bonds. The Kier molecular flexibility index (Phi) is 3.85. The second-order valence-electron chi connectivity index (χ2n) is 5.90. The Balaban J connectivity index is 1.83. The van der Waals surface area contributed by atoms with Gasteiger partial charge in [0.15, 0.2) is 0 Å². The van der Waals surface area contributed by atoms with Gasteiger partial charge in [0, 0.05) is 30.8 Å². The Bertz CT molecular complexity index is 436. The molecule has 0 bridgehead atoms. The summed E-state index contributed by atoms with van der Waals surface area (Å²) >= 11 is 0. The van der Waals surface area contributed by atoms with E-state index in [0.717, 1.165) is 38.6 Å². The van der Waals surface area contributed by atoms with Crippen molar-refractivity contribution in [1.82, 2.24) is 9.88 Å². The molecule has 3 rings (SSSR count). The van der Waals surface area contributed by atoms with Gasteiger partial charge in [0.25, 0.3) is 0 Å². The highest BCUT2D eigenvalue weighted by Crippen LogP contribution is 2.31. The number of aryl methyl sites for hydroxylation is 1. The number of aromatic nitrogens is 1. The fraction of sp³-hybridized carbons (Fsp3) is 0.688. The van der Waals surface area contributed by atoms with E-state index in [1.54, 1.807) is 0 Å². The first-order chi connectivity index (χ1) is 9.28. The highest BCUT2D eigenvalue weighted by Gasteiger charge is 2.28. The van der Waals surface area contributed by atoms with Crippen molar-refractivity contribution in [2.75, 3.05) is 20.3 Å². The van der Waals surface area contributed by atoms with E-state index in [1.807, 2.05) is 0 Å². The molecule has 1 aliphatic heterocycles. The van der Waals surface area contributed by atoms with Gasteiger partial charge in [-0.05, 0) is 44.4 Å². The molecular formula is C16H24N2O. The molecule has 1 aliphatic carbocycles. The van der Waals surface area contributed by atoms with Crippen molar-refractivity contribution in [3.8, 4) is 0 Å². The van der Waals surface area contributed by atoms with Gasteiger partial charge in [-0.3, -0.25) is 9.88 Å². The molecular weight excluding hydrogens is 236 g/mol. The second-order valence-corrected chi connectivity index (χ2v) is 5.90. The van der Waals surface area contributed by atoms with Crippen LogP contribution in [0.2, 0.25) is 0 Å². The van der Waals surface area contributed by atoms with Gasteiger partial charge in [-0.1, -0.05) is 13.0 Å². The van der Waals surface area contributed by atoms with Crippen LogP contribution in [0.25, 0.3) is 0 Å². The number of ether oxygens (including phenoxy) is 1. The van der Waals surface area contributed by atoms with E-state index in [9.17, 15) is 0 Å². The summed E-state index contributed by atoms with van der Waals surface area (Å²) in [6.07, 6.45) is 4.87. The molecule has 0 spiro atoms. The van der Waals surface area contributed by atoms with Crippen LogP contribution < -0.4 is 0 Å².